The molecule has 0 aliphatic heterocycles. The number of carbonyl (C=O) groups excluding carboxylic acids is 2. The molecular weight excluding hydrogens is 712 g/mol. The van der Waals surface area contributed by atoms with E-state index in [1.165, 1.54) is 0 Å². The standard InChI is InChI=1S/C34H28Br2N8O2/c35-25-3-7-27(8-4-25)39-33(45)31-21-29(23-11-15-37-16-12-23)41-43(31)19-1-2-20-44-32(22-30(42-44)24-13-17-38-18-14-24)34(46)40-28-9-5-26(36)6-10-28/h3-18,21-22H,1-2,19-20H2,(H,39,45)(H,40,46). The molecule has 6 aromatic rings. The first-order valence-electron chi connectivity index (χ1n) is 14.5. The molecule has 0 unspecified atom stereocenters. The van der Waals surface area contributed by atoms with Crippen molar-refractivity contribution >= 4 is 55.0 Å². The molecule has 2 aromatic carbocycles. The van der Waals surface area contributed by atoms with E-state index in [0.29, 0.717) is 60.1 Å². The summed E-state index contributed by atoms with van der Waals surface area (Å²) in [7, 11) is 0. The average molecular weight is 740 g/mol. The van der Waals surface area contributed by atoms with Crippen molar-refractivity contribution in [3.63, 3.8) is 0 Å². The highest BCUT2D eigenvalue weighted by atomic mass is 79.9. The van der Waals surface area contributed by atoms with Gasteiger partial charge in [-0.15, -0.1) is 0 Å². The van der Waals surface area contributed by atoms with Crippen molar-refractivity contribution in [2.24, 2.45) is 0 Å². The largest absolute Gasteiger partial charge is 0.321 e. The third-order valence-corrected chi connectivity index (χ3v) is 8.23. The summed E-state index contributed by atoms with van der Waals surface area (Å²) in [5.74, 6) is -0.507. The fraction of sp³-hybridized carbons (Fsp3) is 0.118. The Bertz CT molecular complexity index is 1800. The van der Waals surface area contributed by atoms with Gasteiger partial charge in [0.1, 0.15) is 11.4 Å². The van der Waals surface area contributed by atoms with E-state index < -0.39 is 0 Å². The number of unbranched alkanes of at least 4 members (excludes halogenated alkanes) is 1. The molecular formula is C34H28Br2N8O2. The monoisotopic (exact) mass is 738 g/mol. The van der Waals surface area contributed by atoms with Crippen molar-refractivity contribution in [2.75, 3.05) is 10.6 Å². The Morgan fingerprint density at radius 1 is 0.565 bits per heavy atom. The van der Waals surface area contributed by atoms with Crippen LogP contribution in [0.4, 0.5) is 11.4 Å². The third kappa shape index (κ3) is 7.64. The molecule has 0 bridgehead atoms. The van der Waals surface area contributed by atoms with Crippen molar-refractivity contribution in [3.05, 3.63) is 130 Å². The summed E-state index contributed by atoms with van der Waals surface area (Å²) < 4.78 is 5.32. The minimum Gasteiger partial charge on any atom is -0.321 e. The minimum absolute atomic E-state index is 0.254. The Morgan fingerprint density at radius 2 is 0.935 bits per heavy atom. The summed E-state index contributed by atoms with van der Waals surface area (Å²) in [6.07, 6.45) is 8.17. The molecule has 0 radical (unpaired) electrons. The van der Waals surface area contributed by atoms with Crippen molar-refractivity contribution in [2.45, 2.75) is 25.9 Å². The van der Waals surface area contributed by atoms with Crippen molar-refractivity contribution < 1.29 is 9.59 Å². The molecule has 4 heterocycles. The molecule has 0 aliphatic carbocycles. The van der Waals surface area contributed by atoms with E-state index in [2.05, 4.69) is 52.5 Å². The van der Waals surface area contributed by atoms with Gasteiger partial charge in [0, 0.05) is 69.3 Å². The smallest absolute Gasteiger partial charge is 0.273 e. The second-order valence-corrected chi connectivity index (χ2v) is 12.2. The quantitative estimate of drug-likeness (QED) is 0.131. The number of hydrogen-bond donors (Lipinski definition) is 2. The van der Waals surface area contributed by atoms with E-state index in [4.69, 9.17) is 10.2 Å². The molecule has 0 saturated carbocycles. The van der Waals surface area contributed by atoms with Crippen LogP contribution in [0.1, 0.15) is 33.8 Å². The molecule has 6 rings (SSSR count). The van der Waals surface area contributed by atoms with Crippen molar-refractivity contribution in [3.8, 4) is 22.5 Å². The van der Waals surface area contributed by atoms with Crippen LogP contribution in [0.3, 0.4) is 0 Å². The topological polar surface area (TPSA) is 120 Å². The van der Waals surface area contributed by atoms with Crippen LogP contribution >= 0.6 is 31.9 Å². The predicted octanol–water partition coefficient (Wildman–Crippen LogP) is 7.71. The number of carbonyl (C=O) groups is 2. The maximum Gasteiger partial charge on any atom is 0.273 e. The maximum atomic E-state index is 13.4. The number of amides is 2. The summed E-state index contributed by atoms with van der Waals surface area (Å²) in [4.78, 5) is 35.0. The molecule has 4 aromatic heterocycles. The van der Waals surface area contributed by atoms with E-state index in [-0.39, 0.29) is 11.8 Å². The normalized spacial score (nSPS) is 10.9. The summed E-state index contributed by atoms with van der Waals surface area (Å²) in [5, 5.41) is 15.5. The van der Waals surface area contributed by atoms with E-state index in [9.17, 15) is 9.59 Å². The number of aromatic nitrogens is 6. The predicted molar refractivity (Wildman–Crippen MR) is 184 cm³/mol. The average Bonchev–Trinajstić information content (AvgIpc) is 3.71. The Labute approximate surface area is 282 Å². The number of pyridine rings is 2. The first-order chi connectivity index (χ1) is 22.4. The molecule has 0 saturated heterocycles. The lowest BCUT2D eigenvalue weighted by Gasteiger charge is -2.10. The fourth-order valence-corrected chi connectivity index (χ4v) is 5.38. The zero-order valence-corrected chi connectivity index (χ0v) is 27.6. The molecule has 2 amide bonds. The van der Waals surface area contributed by atoms with E-state index in [1.807, 2.05) is 72.8 Å². The van der Waals surface area contributed by atoms with Crippen LogP contribution < -0.4 is 10.6 Å². The lowest BCUT2D eigenvalue weighted by Crippen LogP contribution is -2.19. The molecule has 12 heteroatoms. The van der Waals surface area contributed by atoms with Gasteiger partial charge in [-0.05, 0) is 97.8 Å². The van der Waals surface area contributed by atoms with Gasteiger partial charge in [0.2, 0.25) is 0 Å². The van der Waals surface area contributed by atoms with Gasteiger partial charge in [0.05, 0.1) is 11.4 Å². The second-order valence-electron chi connectivity index (χ2n) is 10.4. The van der Waals surface area contributed by atoms with Gasteiger partial charge in [-0.25, -0.2) is 0 Å². The highest BCUT2D eigenvalue weighted by molar-refractivity contribution is 9.10. The summed E-state index contributed by atoms with van der Waals surface area (Å²) >= 11 is 6.86. The molecule has 10 nitrogen and oxygen atoms in total. The van der Waals surface area contributed by atoms with Crippen molar-refractivity contribution in [1.82, 2.24) is 29.5 Å². The van der Waals surface area contributed by atoms with Gasteiger partial charge in [-0.1, -0.05) is 31.9 Å². The number of benzene rings is 2. The second kappa shape index (κ2) is 14.4. The van der Waals surface area contributed by atoms with E-state index >= 15 is 0 Å². The van der Waals surface area contributed by atoms with Crippen LogP contribution in [0, 0.1) is 0 Å². The number of hydrogen-bond acceptors (Lipinski definition) is 6. The highest BCUT2D eigenvalue weighted by Crippen LogP contribution is 2.23. The third-order valence-electron chi connectivity index (χ3n) is 7.17. The SMILES string of the molecule is O=C(Nc1ccc(Br)cc1)c1cc(-c2ccncc2)nn1CCCCn1nc(-c2ccncc2)cc1C(=O)Nc1ccc(Br)cc1. The number of rotatable bonds is 11. The minimum atomic E-state index is -0.254. The number of aryl methyl sites for hydroxylation is 2. The number of anilines is 2. The fourth-order valence-electron chi connectivity index (χ4n) is 4.85. The lowest BCUT2D eigenvalue weighted by atomic mass is 10.2. The molecule has 2 N–H and O–H groups in total. The van der Waals surface area contributed by atoms with Crippen LogP contribution in [0.15, 0.2) is 119 Å². The van der Waals surface area contributed by atoms with E-state index in [0.717, 1.165) is 20.1 Å². The first-order valence-corrected chi connectivity index (χ1v) is 16.1. The van der Waals surface area contributed by atoms with Gasteiger partial charge in [-0.3, -0.25) is 28.9 Å². The molecule has 0 spiro atoms. The molecule has 0 fully saturated rings. The van der Waals surface area contributed by atoms with Gasteiger partial charge in [0.15, 0.2) is 0 Å². The summed E-state index contributed by atoms with van der Waals surface area (Å²) in [6, 6.07) is 25.9. The van der Waals surface area contributed by atoms with Crippen LogP contribution in [0.2, 0.25) is 0 Å². The zero-order chi connectivity index (χ0) is 31.9. The highest BCUT2D eigenvalue weighted by Gasteiger charge is 2.19. The van der Waals surface area contributed by atoms with Crippen LogP contribution in [0.5, 0.6) is 0 Å². The molecule has 0 atom stereocenters. The van der Waals surface area contributed by atoms with Crippen molar-refractivity contribution in [1.29, 1.82) is 0 Å². The number of nitrogens with one attached hydrogen (secondary N) is 2. The van der Waals surface area contributed by atoms with Gasteiger partial charge in [-0.2, -0.15) is 10.2 Å². The summed E-state index contributed by atoms with van der Waals surface area (Å²) in [5.41, 5.74) is 5.37. The van der Waals surface area contributed by atoms with Crippen LogP contribution in [0.25, 0.3) is 22.5 Å². The summed E-state index contributed by atoms with van der Waals surface area (Å²) in [6.45, 7) is 0.986. The Balaban J connectivity index is 1.19. The Kier molecular flexibility index (Phi) is 9.75. The number of nitrogens with zero attached hydrogens (tertiary/aromatic N) is 6. The Morgan fingerprint density at radius 3 is 1.30 bits per heavy atom. The molecule has 0 aliphatic rings. The van der Waals surface area contributed by atoms with Crippen LogP contribution in [-0.4, -0.2) is 41.3 Å². The number of halogens is 2. The van der Waals surface area contributed by atoms with Crippen LogP contribution in [-0.2, 0) is 13.1 Å². The molecule has 230 valence electrons. The van der Waals surface area contributed by atoms with Gasteiger partial charge >= 0.3 is 0 Å². The van der Waals surface area contributed by atoms with Gasteiger partial charge in [0.25, 0.3) is 11.8 Å². The Hall–Kier alpha value is -4.94. The lowest BCUT2D eigenvalue weighted by molar-refractivity contribution is 0.100. The van der Waals surface area contributed by atoms with Gasteiger partial charge < -0.3 is 10.6 Å². The zero-order valence-electron chi connectivity index (χ0n) is 24.5. The maximum absolute atomic E-state index is 13.4. The molecule has 46 heavy (non-hydrogen) atoms. The first kappa shape index (κ1) is 31.1. The van der Waals surface area contributed by atoms with E-state index in [1.54, 1.807) is 46.3 Å².